The number of hydrogen-bond acceptors (Lipinski definition) is 2. The lowest BCUT2D eigenvalue weighted by Crippen LogP contribution is -1.97. The van der Waals surface area contributed by atoms with Gasteiger partial charge in [0.05, 0.1) is 0 Å². The first kappa shape index (κ1) is 11.1. The van der Waals surface area contributed by atoms with E-state index >= 15 is 0 Å². The Labute approximate surface area is 91.4 Å². The van der Waals surface area contributed by atoms with Gasteiger partial charge in [0.2, 0.25) is 0 Å². The number of alkyl halides is 1. The lowest BCUT2D eigenvalue weighted by molar-refractivity contribution is -0.108. The molecule has 2 nitrogen and oxygen atoms in total. The van der Waals surface area contributed by atoms with Gasteiger partial charge in [-0.3, -0.25) is 4.79 Å². The lowest BCUT2D eigenvalue weighted by Gasteiger charge is -2.07. The van der Waals surface area contributed by atoms with Crippen molar-refractivity contribution in [1.29, 1.82) is 0 Å². The van der Waals surface area contributed by atoms with Crippen LogP contribution in [0.1, 0.15) is 34.3 Å². The van der Waals surface area contributed by atoms with E-state index < -0.39 is 0 Å². The fourth-order valence-electron chi connectivity index (χ4n) is 1.22. The molecule has 74 valence electrons. The second-order valence-corrected chi connectivity index (χ2v) is 3.70. The van der Waals surface area contributed by atoms with Crippen molar-refractivity contribution in [1.82, 2.24) is 0 Å². The zero-order valence-electron chi connectivity index (χ0n) is 7.87. The molecule has 0 N–H and O–H groups in total. The van der Waals surface area contributed by atoms with E-state index in [1.54, 1.807) is 6.07 Å². The molecule has 1 aromatic rings. The summed E-state index contributed by atoms with van der Waals surface area (Å²) >= 11 is 3.31. The van der Waals surface area contributed by atoms with E-state index in [4.69, 9.17) is 0 Å². The van der Waals surface area contributed by atoms with Crippen LogP contribution in [-0.2, 0) is 10.1 Å². The Morgan fingerprint density at radius 2 is 2.14 bits per heavy atom. The van der Waals surface area contributed by atoms with E-state index in [1.807, 2.05) is 19.1 Å². The number of aldehydes is 2. The summed E-state index contributed by atoms with van der Waals surface area (Å²) in [4.78, 5) is 21.2. The molecule has 14 heavy (non-hydrogen) atoms. The van der Waals surface area contributed by atoms with Crippen molar-refractivity contribution in [2.24, 2.45) is 0 Å². The van der Waals surface area contributed by atoms with E-state index in [0.29, 0.717) is 10.9 Å². The predicted molar refractivity (Wildman–Crippen MR) is 58.9 cm³/mol. The van der Waals surface area contributed by atoms with Crippen LogP contribution in [0.5, 0.6) is 0 Å². The fourth-order valence-corrected chi connectivity index (χ4v) is 1.70. The Kier molecular flexibility index (Phi) is 4.01. The van der Waals surface area contributed by atoms with E-state index in [2.05, 4.69) is 15.9 Å². The van der Waals surface area contributed by atoms with Crippen LogP contribution < -0.4 is 0 Å². The van der Waals surface area contributed by atoms with E-state index in [-0.39, 0.29) is 5.92 Å². The maximum atomic E-state index is 10.6. The average molecular weight is 255 g/mol. The molecule has 1 aromatic carbocycles. The lowest BCUT2D eigenvalue weighted by atomic mass is 9.98. The Morgan fingerprint density at radius 1 is 1.43 bits per heavy atom. The van der Waals surface area contributed by atoms with Gasteiger partial charge in [-0.25, -0.2) is 0 Å². The third kappa shape index (κ3) is 2.29. The highest BCUT2D eigenvalue weighted by Gasteiger charge is 2.07. The zero-order chi connectivity index (χ0) is 10.6. The molecule has 1 unspecified atom stereocenters. The normalized spacial score (nSPS) is 12.1. The minimum absolute atomic E-state index is 0.117. The predicted octanol–water partition coefficient (Wildman–Crippen LogP) is 2.70. The molecule has 0 fully saturated rings. The monoisotopic (exact) mass is 254 g/mol. The summed E-state index contributed by atoms with van der Waals surface area (Å²) in [5.74, 6) is -0.117. The largest absolute Gasteiger partial charge is 0.303 e. The van der Waals surface area contributed by atoms with Gasteiger partial charge in [-0.2, -0.15) is 0 Å². The van der Waals surface area contributed by atoms with E-state index in [9.17, 15) is 9.59 Å². The molecule has 0 spiro atoms. The molecule has 0 bridgehead atoms. The molecule has 0 aromatic heterocycles. The minimum atomic E-state index is -0.117. The molecule has 0 saturated heterocycles. The zero-order valence-corrected chi connectivity index (χ0v) is 9.45. The number of halogens is 1. The second-order valence-electron chi connectivity index (χ2n) is 3.13. The van der Waals surface area contributed by atoms with Crippen LogP contribution in [0.4, 0.5) is 0 Å². The standard InChI is InChI=1S/C11H11BrO2/c1-8(6-13)9-2-3-10(7-14)11(4-9)5-12/h2-4,6-8H,5H2,1H3. The molecule has 0 saturated carbocycles. The van der Waals surface area contributed by atoms with Crippen molar-refractivity contribution in [3.05, 3.63) is 34.9 Å². The molecule has 0 radical (unpaired) electrons. The quantitative estimate of drug-likeness (QED) is 0.612. The van der Waals surface area contributed by atoms with Crippen LogP contribution in [-0.4, -0.2) is 12.6 Å². The first-order valence-electron chi connectivity index (χ1n) is 4.32. The number of hydrogen-bond donors (Lipinski definition) is 0. The van der Waals surface area contributed by atoms with Gasteiger partial charge in [0.15, 0.2) is 0 Å². The van der Waals surface area contributed by atoms with Crippen LogP contribution in [0.15, 0.2) is 18.2 Å². The van der Waals surface area contributed by atoms with Gasteiger partial charge >= 0.3 is 0 Å². The smallest absolute Gasteiger partial charge is 0.150 e. The number of benzene rings is 1. The second kappa shape index (κ2) is 5.05. The van der Waals surface area contributed by atoms with Crippen LogP contribution >= 0.6 is 15.9 Å². The summed E-state index contributed by atoms with van der Waals surface area (Å²) in [6.07, 6.45) is 1.72. The minimum Gasteiger partial charge on any atom is -0.303 e. The number of rotatable bonds is 4. The Balaban J connectivity index is 3.13. The molecule has 1 atom stereocenters. The van der Waals surface area contributed by atoms with Crippen LogP contribution in [0.25, 0.3) is 0 Å². The Hall–Kier alpha value is -0.960. The Morgan fingerprint density at radius 3 is 2.64 bits per heavy atom. The van der Waals surface area contributed by atoms with Crippen molar-refractivity contribution in [3.8, 4) is 0 Å². The molecule has 3 heteroatoms. The van der Waals surface area contributed by atoms with Gasteiger partial charge in [0.25, 0.3) is 0 Å². The maximum absolute atomic E-state index is 10.6. The summed E-state index contributed by atoms with van der Waals surface area (Å²) < 4.78 is 0. The van der Waals surface area contributed by atoms with Gasteiger partial charge in [-0.05, 0) is 11.1 Å². The van der Waals surface area contributed by atoms with Gasteiger partial charge < -0.3 is 4.79 Å². The molecule has 0 heterocycles. The van der Waals surface area contributed by atoms with Gasteiger partial charge in [-0.1, -0.05) is 41.1 Å². The van der Waals surface area contributed by atoms with Crippen molar-refractivity contribution in [2.45, 2.75) is 18.2 Å². The highest BCUT2D eigenvalue weighted by Crippen LogP contribution is 2.19. The van der Waals surface area contributed by atoms with Crippen LogP contribution in [0, 0.1) is 0 Å². The van der Waals surface area contributed by atoms with E-state index in [0.717, 1.165) is 23.7 Å². The highest BCUT2D eigenvalue weighted by atomic mass is 79.9. The molecular formula is C11H11BrO2. The van der Waals surface area contributed by atoms with Crippen molar-refractivity contribution in [3.63, 3.8) is 0 Å². The molecule has 1 rings (SSSR count). The van der Waals surface area contributed by atoms with Crippen molar-refractivity contribution < 1.29 is 9.59 Å². The SMILES string of the molecule is CC(C=O)c1ccc(C=O)c(CBr)c1. The molecule has 0 amide bonds. The number of carbonyl (C=O) groups excluding carboxylic acids is 2. The van der Waals surface area contributed by atoms with Gasteiger partial charge in [-0.15, -0.1) is 0 Å². The number of carbonyl (C=O) groups is 2. The molecular weight excluding hydrogens is 244 g/mol. The highest BCUT2D eigenvalue weighted by molar-refractivity contribution is 9.08. The van der Waals surface area contributed by atoms with Crippen molar-refractivity contribution >= 4 is 28.5 Å². The third-order valence-electron chi connectivity index (χ3n) is 2.17. The topological polar surface area (TPSA) is 34.1 Å². The molecule has 0 aliphatic rings. The summed E-state index contributed by atoms with van der Waals surface area (Å²) in [6.45, 7) is 1.83. The first-order chi connectivity index (χ1) is 6.72. The summed E-state index contributed by atoms with van der Waals surface area (Å²) in [6, 6.07) is 5.45. The Bertz CT molecular complexity index is 347. The molecule has 0 aliphatic carbocycles. The first-order valence-corrected chi connectivity index (χ1v) is 5.44. The van der Waals surface area contributed by atoms with Gasteiger partial charge in [0, 0.05) is 16.8 Å². The third-order valence-corrected chi connectivity index (χ3v) is 2.77. The maximum Gasteiger partial charge on any atom is 0.150 e. The fraction of sp³-hybridized carbons (Fsp3) is 0.273. The summed E-state index contributed by atoms with van der Waals surface area (Å²) in [5, 5.41) is 0.625. The van der Waals surface area contributed by atoms with E-state index in [1.165, 1.54) is 0 Å². The van der Waals surface area contributed by atoms with Crippen LogP contribution in [0.2, 0.25) is 0 Å². The van der Waals surface area contributed by atoms with Gasteiger partial charge in [0.1, 0.15) is 12.6 Å². The molecule has 0 aliphatic heterocycles. The average Bonchev–Trinajstić information content (AvgIpc) is 2.26. The van der Waals surface area contributed by atoms with Crippen molar-refractivity contribution in [2.75, 3.05) is 0 Å². The summed E-state index contributed by atoms with van der Waals surface area (Å²) in [7, 11) is 0. The summed E-state index contributed by atoms with van der Waals surface area (Å²) in [5.41, 5.74) is 2.54. The van der Waals surface area contributed by atoms with Crippen LogP contribution in [0.3, 0.4) is 0 Å².